The monoisotopic (exact) mass is 352 g/mol. The van der Waals surface area contributed by atoms with Crippen LogP contribution in [0.25, 0.3) is 0 Å². The molecule has 2 aliphatic carbocycles. The minimum atomic E-state index is -0.499. The molecule has 0 radical (unpaired) electrons. The summed E-state index contributed by atoms with van der Waals surface area (Å²) in [6.45, 7) is 9.58. The summed E-state index contributed by atoms with van der Waals surface area (Å²) in [4.78, 5) is 12.4. The number of allylic oxidation sites excluding steroid dienone is 1. The number of nitrogens with two attached hydrogens (primary N) is 1. The third-order valence-corrected chi connectivity index (χ3v) is 6.89. The van der Waals surface area contributed by atoms with Crippen molar-refractivity contribution in [3.63, 3.8) is 0 Å². The fourth-order valence-corrected chi connectivity index (χ4v) is 5.10. The average Bonchev–Trinajstić information content (AvgIpc) is 2.89. The number of hydrogen-bond acceptors (Lipinski definition) is 4. The molecular formula is C20H34NO4+. The summed E-state index contributed by atoms with van der Waals surface area (Å²) in [6, 6.07) is 0. The van der Waals surface area contributed by atoms with Crippen LogP contribution in [0.1, 0.15) is 46.5 Å². The first-order chi connectivity index (χ1) is 12.0. The predicted octanol–water partition coefficient (Wildman–Crippen LogP) is 1.26. The zero-order valence-electron chi connectivity index (χ0n) is 15.9. The Bertz CT molecular complexity index is 520. The van der Waals surface area contributed by atoms with Gasteiger partial charge in [0.05, 0.1) is 25.8 Å². The maximum Gasteiger partial charge on any atom is 0.315 e. The summed E-state index contributed by atoms with van der Waals surface area (Å²) in [5.41, 5.74) is 1.09. The average molecular weight is 352 g/mol. The van der Waals surface area contributed by atoms with Crippen LogP contribution in [-0.2, 0) is 14.3 Å². The van der Waals surface area contributed by atoms with Crippen molar-refractivity contribution in [2.24, 2.45) is 23.2 Å². The second-order valence-corrected chi connectivity index (χ2v) is 8.16. The van der Waals surface area contributed by atoms with E-state index in [1.807, 2.05) is 6.92 Å². The summed E-state index contributed by atoms with van der Waals surface area (Å²) in [5, 5.41) is 13.4. The molecule has 0 aromatic heterocycles. The Labute approximate surface area is 151 Å². The Kier molecular flexibility index (Phi) is 5.86. The Morgan fingerprint density at radius 2 is 2.28 bits per heavy atom. The van der Waals surface area contributed by atoms with Gasteiger partial charge in [0.25, 0.3) is 0 Å². The van der Waals surface area contributed by atoms with Crippen molar-refractivity contribution in [1.82, 2.24) is 0 Å². The predicted molar refractivity (Wildman–Crippen MR) is 94.8 cm³/mol. The molecule has 1 heterocycles. The highest BCUT2D eigenvalue weighted by molar-refractivity contribution is 5.76. The second kappa shape index (κ2) is 7.77. The molecule has 1 saturated heterocycles. The number of carbonyl (C=O) groups excluding carboxylic acids is 1. The normalized spacial score (nSPS) is 40.2. The minimum Gasteiger partial charge on any atom is -0.461 e. The van der Waals surface area contributed by atoms with Gasteiger partial charge in [-0.15, -0.1) is 0 Å². The van der Waals surface area contributed by atoms with E-state index in [0.717, 1.165) is 45.4 Å². The minimum absolute atomic E-state index is 0.0710. The van der Waals surface area contributed by atoms with Crippen molar-refractivity contribution >= 4 is 5.97 Å². The number of quaternary nitrogens is 1. The molecule has 3 rings (SSSR count). The summed E-state index contributed by atoms with van der Waals surface area (Å²) >= 11 is 0. The Hall–Kier alpha value is -0.910. The summed E-state index contributed by atoms with van der Waals surface area (Å²) in [6.07, 6.45) is 5.59. The zero-order valence-corrected chi connectivity index (χ0v) is 15.9. The molecule has 3 aliphatic rings. The van der Waals surface area contributed by atoms with Gasteiger partial charge in [-0.05, 0) is 25.7 Å². The molecular weight excluding hydrogens is 318 g/mol. The van der Waals surface area contributed by atoms with Crippen LogP contribution in [0.3, 0.4) is 0 Å². The number of ether oxygens (including phenoxy) is 2. The smallest absolute Gasteiger partial charge is 0.315 e. The van der Waals surface area contributed by atoms with Crippen molar-refractivity contribution in [3.8, 4) is 0 Å². The van der Waals surface area contributed by atoms with Crippen molar-refractivity contribution in [1.29, 1.82) is 0 Å². The van der Waals surface area contributed by atoms with Crippen LogP contribution < -0.4 is 5.32 Å². The van der Waals surface area contributed by atoms with Crippen LogP contribution in [0, 0.1) is 23.2 Å². The molecule has 3 N–H and O–H groups in total. The third kappa shape index (κ3) is 3.38. The number of carbonyl (C=O) groups is 1. The largest absolute Gasteiger partial charge is 0.461 e. The van der Waals surface area contributed by atoms with Crippen LogP contribution in [0.5, 0.6) is 0 Å². The van der Waals surface area contributed by atoms with E-state index in [-0.39, 0.29) is 29.3 Å². The van der Waals surface area contributed by atoms with Crippen LogP contribution in [-0.4, -0.2) is 49.6 Å². The molecule has 0 aromatic carbocycles. The molecule has 0 unspecified atom stereocenters. The molecule has 0 amide bonds. The molecule has 6 atom stereocenters. The first-order valence-corrected chi connectivity index (χ1v) is 9.97. The van der Waals surface area contributed by atoms with E-state index in [1.165, 1.54) is 5.57 Å². The van der Waals surface area contributed by atoms with E-state index in [9.17, 15) is 9.90 Å². The lowest BCUT2D eigenvalue weighted by Gasteiger charge is -2.51. The van der Waals surface area contributed by atoms with E-state index in [4.69, 9.17) is 9.47 Å². The summed E-state index contributed by atoms with van der Waals surface area (Å²) in [7, 11) is 0. The molecule has 2 fully saturated rings. The Balaban J connectivity index is 1.66. The summed E-state index contributed by atoms with van der Waals surface area (Å²) < 4.78 is 11.0. The number of rotatable bonds is 7. The van der Waals surface area contributed by atoms with Crippen molar-refractivity contribution in [3.05, 3.63) is 11.6 Å². The molecule has 5 nitrogen and oxygen atoms in total. The van der Waals surface area contributed by atoms with Crippen LogP contribution in [0.15, 0.2) is 11.6 Å². The lowest BCUT2D eigenvalue weighted by molar-refractivity contribution is -0.660. The van der Waals surface area contributed by atoms with Gasteiger partial charge < -0.3 is 19.9 Å². The standard InChI is InChI=1S/C20H33NO4/c1-4-24-10-6-9-21-12-15-17-16(25-19(15)23)11-14-8-5-7-13(2)20(14,3)18(17)22/h8,13,15-18,21-22H,4-7,9-12H2,1-3H3/p+1/t13-,15+,16+,17-,18-,20+/m1/s1. The van der Waals surface area contributed by atoms with Gasteiger partial charge >= 0.3 is 5.97 Å². The van der Waals surface area contributed by atoms with Gasteiger partial charge in [-0.25, -0.2) is 0 Å². The molecule has 5 heteroatoms. The van der Waals surface area contributed by atoms with Gasteiger partial charge in [0.15, 0.2) is 0 Å². The SMILES string of the molecule is CCOCCC[NH2+]C[C@@H]1C(=O)O[C@H]2CC3=CCC[C@@H](C)[C@]3(C)[C@H](O)[C@@H]21. The van der Waals surface area contributed by atoms with Gasteiger partial charge in [-0.1, -0.05) is 25.5 Å². The van der Waals surface area contributed by atoms with Crippen molar-refractivity contribution in [2.45, 2.75) is 58.7 Å². The maximum atomic E-state index is 12.4. The number of hydrogen-bond donors (Lipinski definition) is 2. The number of aliphatic hydroxyl groups excluding tert-OH is 1. The summed E-state index contributed by atoms with van der Waals surface area (Å²) in [5.74, 6) is 0.0542. The van der Waals surface area contributed by atoms with Crippen LogP contribution in [0.4, 0.5) is 0 Å². The fourth-order valence-electron chi connectivity index (χ4n) is 5.10. The van der Waals surface area contributed by atoms with E-state index in [2.05, 4.69) is 25.2 Å². The van der Waals surface area contributed by atoms with Crippen LogP contribution >= 0.6 is 0 Å². The fraction of sp³-hybridized carbons (Fsp3) is 0.850. The first kappa shape index (κ1) is 18.9. The lowest BCUT2D eigenvalue weighted by atomic mass is 9.55. The Morgan fingerprint density at radius 3 is 3.04 bits per heavy atom. The zero-order chi connectivity index (χ0) is 18.0. The molecule has 1 saturated carbocycles. The maximum absolute atomic E-state index is 12.4. The van der Waals surface area contributed by atoms with E-state index in [0.29, 0.717) is 12.5 Å². The highest BCUT2D eigenvalue weighted by atomic mass is 16.6. The molecule has 0 aromatic rings. The van der Waals surface area contributed by atoms with E-state index >= 15 is 0 Å². The molecule has 142 valence electrons. The Morgan fingerprint density at radius 1 is 1.48 bits per heavy atom. The third-order valence-electron chi connectivity index (χ3n) is 6.89. The lowest BCUT2D eigenvalue weighted by Crippen LogP contribution is -2.86. The van der Waals surface area contributed by atoms with Crippen molar-refractivity contribution < 1.29 is 24.7 Å². The van der Waals surface area contributed by atoms with Crippen LogP contribution in [0.2, 0.25) is 0 Å². The highest BCUT2D eigenvalue weighted by Gasteiger charge is 2.60. The van der Waals surface area contributed by atoms with Gasteiger partial charge in [-0.2, -0.15) is 0 Å². The number of fused-ring (bicyclic) bond motifs is 2. The number of esters is 1. The molecule has 25 heavy (non-hydrogen) atoms. The quantitative estimate of drug-likeness (QED) is 0.411. The van der Waals surface area contributed by atoms with Gasteiger partial charge in [0.2, 0.25) is 0 Å². The van der Waals surface area contributed by atoms with Crippen molar-refractivity contribution in [2.75, 3.05) is 26.3 Å². The molecule has 1 aliphatic heterocycles. The highest BCUT2D eigenvalue weighted by Crippen LogP contribution is 2.55. The van der Waals surface area contributed by atoms with Gasteiger partial charge in [0.1, 0.15) is 12.0 Å². The topological polar surface area (TPSA) is 72.4 Å². The number of aliphatic hydroxyl groups is 1. The van der Waals surface area contributed by atoms with E-state index in [1.54, 1.807) is 0 Å². The molecule has 0 spiro atoms. The van der Waals surface area contributed by atoms with Gasteiger partial charge in [-0.3, -0.25) is 4.79 Å². The van der Waals surface area contributed by atoms with E-state index < -0.39 is 6.10 Å². The first-order valence-electron chi connectivity index (χ1n) is 9.97. The van der Waals surface area contributed by atoms with Gasteiger partial charge in [0, 0.05) is 30.8 Å². The molecule has 0 bridgehead atoms. The second-order valence-electron chi connectivity index (χ2n) is 8.16.